The number of rotatable bonds is 4. The maximum atomic E-state index is 12.9. The van der Waals surface area contributed by atoms with Crippen molar-refractivity contribution in [3.63, 3.8) is 0 Å². The molecular weight excluding hydrogens is 306 g/mol. The Kier molecular flexibility index (Phi) is 4.46. The molecule has 6 heteroatoms. The Morgan fingerprint density at radius 3 is 2.62 bits per heavy atom. The fraction of sp³-hybridized carbons (Fsp3) is 0.444. The van der Waals surface area contributed by atoms with Gasteiger partial charge in [-0.05, 0) is 32.0 Å². The minimum Gasteiger partial charge on any atom is -0.493 e. The first-order chi connectivity index (χ1) is 11.5. The van der Waals surface area contributed by atoms with Crippen molar-refractivity contribution in [2.75, 3.05) is 20.8 Å². The number of ether oxygens (including phenoxy) is 2. The van der Waals surface area contributed by atoms with Gasteiger partial charge in [-0.25, -0.2) is 4.98 Å². The molecule has 0 saturated heterocycles. The Morgan fingerprint density at radius 1 is 1.21 bits per heavy atom. The first kappa shape index (κ1) is 16.4. The van der Waals surface area contributed by atoms with E-state index in [-0.39, 0.29) is 5.91 Å². The van der Waals surface area contributed by atoms with E-state index in [0.717, 1.165) is 17.8 Å². The van der Waals surface area contributed by atoms with Crippen LogP contribution < -0.4 is 9.47 Å². The van der Waals surface area contributed by atoms with Crippen LogP contribution in [0.3, 0.4) is 0 Å². The average molecular weight is 329 g/mol. The van der Waals surface area contributed by atoms with Crippen molar-refractivity contribution in [1.29, 1.82) is 0 Å². The third-order valence-electron chi connectivity index (χ3n) is 4.42. The molecule has 24 heavy (non-hydrogen) atoms. The predicted molar refractivity (Wildman–Crippen MR) is 90.6 cm³/mol. The van der Waals surface area contributed by atoms with E-state index < -0.39 is 0 Å². The lowest BCUT2D eigenvalue weighted by Crippen LogP contribution is -2.37. The fourth-order valence-corrected chi connectivity index (χ4v) is 3.08. The number of hydrogen-bond acceptors (Lipinski definition) is 4. The molecule has 128 valence electrons. The Labute approximate surface area is 142 Å². The van der Waals surface area contributed by atoms with Gasteiger partial charge in [-0.2, -0.15) is 0 Å². The molecule has 3 rings (SSSR count). The number of nitrogens with zero attached hydrogens (tertiary/aromatic N) is 3. The minimum atomic E-state index is -0.00175. The first-order valence-electron chi connectivity index (χ1n) is 8.11. The van der Waals surface area contributed by atoms with Crippen molar-refractivity contribution in [3.05, 3.63) is 41.5 Å². The van der Waals surface area contributed by atoms with Crippen LogP contribution in [-0.4, -0.2) is 41.1 Å². The number of hydrogen-bond donors (Lipinski definition) is 0. The third-order valence-corrected chi connectivity index (χ3v) is 4.42. The van der Waals surface area contributed by atoms with Crippen molar-refractivity contribution < 1.29 is 14.3 Å². The molecule has 6 nitrogen and oxygen atoms in total. The molecule has 0 bridgehead atoms. The SMILES string of the molecule is COc1ccc(C(=O)N2CCc3ncn(C(C)C)c3C2)cc1OC. The van der Waals surface area contributed by atoms with Gasteiger partial charge in [0.1, 0.15) is 0 Å². The highest BCUT2D eigenvalue weighted by Gasteiger charge is 2.26. The minimum absolute atomic E-state index is 0.00175. The summed E-state index contributed by atoms with van der Waals surface area (Å²) in [6.45, 7) is 5.50. The van der Waals surface area contributed by atoms with Crippen molar-refractivity contribution in [3.8, 4) is 11.5 Å². The molecule has 0 radical (unpaired) electrons. The molecule has 0 aliphatic carbocycles. The number of carbonyl (C=O) groups is 1. The highest BCUT2D eigenvalue weighted by molar-refractivity contribution is 5.95. The zero-order valence-corrected chi connectivity index (χ0v) is 14.6. The van der Waals surface area contributed by atoms with Crippen molar-refractivity contribution in [2.24, 2.45) is 0 Å². The number of fused-ring (bicyclic) bond motifs is 1. The lowest BCUT2D eigenvalue weighted by Gasteiger charge is -2.28. The van der Waals surface area contributed by atoms with Crippen molar-refractivity contribution in [2.45, 2.75) is 32.9 Å². The Bertz CT molecular complexity index is 752. The van der Waals surface area contributed by atoms with Crippen LogP contribution in [0.1, 0.15) is 41.6 Å². The van der Waals surface area contributed by atoms with Crippen LogP contribution in [-0.2, 0) is 13.0 Å². The second-order valence-corrected chi connectivity index (χ2v) is 6.19. The number of amides is 1. The van der Waals surface area contributed by atoms with Crippen LogP contribution in [0.15, 0.2) is 24.5 Å². The van der Waals surface area contributed by atoms with Gasteiger partial charge < -0.3 is 18.9 Å². The highest BCUT2D eigenvalue weighted by atomic mass is 16.5. The van der Waals surface area contributed by atoms with E-state index in [1.165, 1.54) is 0 Å². The van der Waals surface area contributed by atoms with Crippen LogP contribution in [0.4, 0.5) is 0 Å². The van der Waals surface area contributed by atoms with E-state index in [1.807, 2.05) is 11.2 Å². The molecule has 1 amide bonds. The van der Waals surface area contributed by atoms with Crippen LogP contribution in [0, 0.1) is 0 Å². The summed E-state index contributed by atoms with van der Waals surface area (Å²) in [6, 6.07) is 5.60. The molecule has 0 fully saturated rings. The zero-order chi connectivity index (χ0) is 17.3. The van der Waals surface area contributed by atoms with Crippen molar-refractivity contribution in [1.82, 2.24) is 14.5 Å². The predicted octanol–water partition coefficient (Wildman–Crippen LogP) is 2.68. The molecule has 1 aromatic carbocycles. The number of aromatic nitrogens is 2. The van der Waals surface area contributed by atoms with E-state index in [1.54, 1.807) is 32.4 Å². The van der Waals surface area contributed by atoms with E-state index in [9.17, 15) is 4.79 Å². The molecule has 2 aromatic rings. The third kappa shape index (κ3) is 2.84. The molecule has 1 aliphatic heterocycles. The van der Waals surface area contributed by atoms with Gasteiger partial charge in [0.2, 0.25) is 0 Å². The summed E-state index contributed by atoms with van der Waals surface area (Å²) in [5.74, 6) is 1.18. The van der Waals surface area contributed by atoms with Gasteiger partial charge in [-0.15, -0.1) is 0 Å². The monoisotopic (exact) mass is 329 g/mol. The maximum Gasteiger partial charge on any atom is 0.254 e. The average Bonchev–Trinajstić information content (AvgIpc) is 3.03. The van der Waals surface area contributed by atoms with Gasteiger partial charge >= 0.3 is 0 Å². The van der Waals surface area contributed by atoms with Crippen LogP contribution in [0.5, 0.6) is 11.5 Å². The van der Waals surface area contributed by atoms with Crippen LogP contribution in [0.25, 0.3) is 0 Å². The molecule has 2 heterocycles. The summed E-state index contributed by atoms with van der Waals surface area (Å²) < 4.78 is 12.7. The van der Waals surface area contributed by atoms with Crippen molar-refractivity contribution >= 4 is 5.91 Å². The van der Waals surface area contributed by atoms with E-state index in [2.05, 4.69) is 23.4 Å². The summed E-state index contributed by atoms with van der Waals surface area (Å²) in [5.41, 5.74) is 2.83. The normalized spacial score (nSPS) is 13.8. The van der Waals surface area contributed by atoms with Gasteiger partial charge in [0.05, 0.1) is 38.5 Å². The number of carbonyl (C=O) groups excluding carboxylic acids is 1. The van der Waals surface area contributed by atoms with Gasteiger partial charge in [-0.1, -0.05) is 0 Å². The molecule has 0 N–H and O–H groups in total. The molecule has 0 saturated carbocycles. The molecule has 1 aliphatic rings. The van der Waals surface area contributed by atoms with Gasteiger partial charge in [0.15, 0.2) is 11.5 Å². The second-order valence-electron chi connectivity index (χ2n) is 6.19. The largest absolute Gasteiger partial charge is 0.493 e. The van der Waals surface area contributed by atoms with Gasteiger partial charge in [0.25, 0.3) is 5.91 Å². The van der Waals surface area contributed by atoms with E-state index >= 15 is 0 Å². The summed E-state index contributed by atoms with van der Waals surface area (Å²) >= 11 is 0. The maximum absolute atomic E-state index is 12.9. The fourth-order valence-electron chi connectivity index (χ4n) is 3.08. The summed E-state index contributed by atoms with van der Waals surface area (Å²) in [5, 5.41) is 0. The number of methoxy groups -OCH3 is 2. The topological polar surface area (TPSA) is 56.6 Å². The molecule has 0 spiro atoms. The number of benzene rings is 1. The quantitative estimate of drug-likeness (QED) is 0.865. The molecule has 1 aromatic heterocycles. The highest BCUT2D eigenvalue weighted by Crippen LogP contribution is 2.29. The Balaban J connectivity index is 1.85. The Morgan fingerprint density at radius 2 is 1.96 bits per heavy atom. The Hall–Kier alpha value is -2.50. The summed E-state index contributed by atoms with van der Waals surface area (Å²) in [7, 11) is 3.15. The smallest absolute Gasteiger partial charge is 0.254 e. The second kappa shape index (κ2) is 6.55. The van der Waals surface area contributed by atoms with Gasteiger partial charge in [0, 0.05) is 24.6 Å². The summed E-state index contributed by atoms with van der Waals surface area (Å²) in [6.07, 6.45) is 2.66. The van der Waals surface area contributed by atoms with Crippen LogP contribution >= 0.6 is 0 Å². The van der Waals surface area contributed by atoms with E-state index in [0.29, 0.717) is 36.2 Å². The molecular formula is C18H23N3O3. The summed E-state index contributed by atoms with van der Waals surface area (Å²) in [4.78, 5) is 19.2. The molecule has 0 unspecified atom stereocenters. The zero-order valence-electron chi connectivity index (χ0n) is 14.6. The first-order valence-corrected chi connectivity index (χ1v) is 8.11. The number of imidazole rings is 1. The van der Waals surface area contributed by atoms with Gasteiger partial charge in [-0.3, -0.25) is 4.79 Å². The standard InChI is InChI=1S/C18H23N3O3/c1-12(2)21-11-19-14-7-8-20(10-15(14)21)18(22)13-5-6-16(23-3)17(9-13)24-4/h5-6,9,11-12H,7-8,10H2,1-4H3. The van der Waals surface area contributed by atoms with Crippen LogP contribution in [0.2, 0.25) is 0 Å². The van der Waals surface area contributed by atoms with E-state index in [4.69, 9.17) is 9.47 Å². The lowest BCUT2D eigenvalue weighted by atomic mass is 10.1. The lowest BCUT2D eigenvalue weighted by molar-refractivity contribution is 0.0728. The molecule has 0 atom stereocenters.